The van der Waals surface area contributed by atoms with Gasteiger partial charge in [-0.15, -0.1) is 0 Å². The number of pyridine rings is 1. The lowest BCUT2D eigenvalue weighted by Gasteiger charge is -2.29. The lowest BCUT2D eigenvalue weighted by molar-refractivity contribution is 0.0895. The van der Waals surface area contributed by atoms with Crippen LogP contribution in [0.3, 0.4) is 0 Å². The first-order valence-electron chi connectivity index (χ1n) is 13.3. The van der Waals surface area contributed by atoms with Crippen LogP contribution in [0, 0.1) is 0 Å². The molecule has 0 aliphatic carbocycles. The largest absolute Gasteiger partial charge is 0.341 e. The Morgan fingerprint density at radius 2 is 1.90 bits per heavy atom. The minimum Gasteiger partial charge on any atom is -0.341 e. The highest BCUT2D eigenvalue weighted by Crippen LogP contribution is 2.34. The van der Waals surface area contributed by atoms with E-state index >= 15 is 0 Å². The summed E-state index contributed by atoms with van der Waals surface area (Å²) >= 11 is 0. The first-order valence-corrected chi connectivity index (χ1v) is 13.3. The van der Waals surface area contributed by atoms with Gasteiger partial charge < -0.3 is 19.6 Å². The first kappa shape index (κ1) is 27.0. The van der Waals surface area contributed by atoms with E-state index in [0.29, 0.717) is 24.6 Å². The van der Waals surface area contributed by atoms with Crippen molar-refractivity contribution in [1.82, 2.24) is 40.4 Å². The summed E-state index contributed by atoms with van der Waals surface area (Å²) in [6.07, 6.45) is 4.67. The molecule has 0 bridgehead atoms. The van der Waals surface area contributed by atoms with Crippen LogP contribution in [0.2, 0.25) is 0 Å². The van der Waals surface area contributed by atoms with Crippen LogP contribution in [-0.2, 0) is 5.41 Å². The van der Waals surface area contributed by atoms with Crippen LogP contribution < -0.4 is 5.32 Å². The predicted octanol–water partition coefficient (Wildman–Crippen LogP) is 4.57. The van der Waals surface area contributed by atoms with Crippen LogP contribution in [0.5, 0.6) is 0 Å². The van der Waals surface area contributed by atoms with Crippen molar-refractivity contribution < 1.29 is 14.1 Å². The van der Waals surface area contributed by atoms with Crippen LogP contribution in [0.25, 0.3) is 27.7 Å². The van der Waals surface area contributed by atoms with Crippen molar-refractivity contribution in [2.45, 2.75) is 45.6 Å². The molecule has 208 valence electrons. The highest BCUT2D eigenvalue weighted by atomic mass is 16.5. The van der Waals surface area contributed by atoms with Crippen molar-refractivity contribution >= 4 is 28.5 Å². The minimum absolute atomic E-state index is 0.0155. The van der Waals surface area contributed by atoms with Gasteiger partial charge in [0, 0.05) is 38.8 Å². The molecule has 3 aromatic heterocycles. The molecule has 1 atom stereocenters. The van der Waals surface area contributed by atoms with Gasteiger partial charge in [-0.05, 0) is 41.7 Å². The monoisotopic (exact) mass is 542 g/mol. The molecule has 3 amide bonds. The predicted molar refractivity (Wildman–Crippen MR) is 151 cm³/mol. The van der Waals surface area contributed by atoms with Crippen molar-refractivity contribution in [1.29, 1.82) is 0 Å². The highest BCUT2D eigenvalue weighted by Gasteiger charge is 2.26. The van der Waals surface area contributed by atoms with Crippen LogP contribution >= 0.6 is 0 Å². The van der Waals surface area contributed by atoms with Gasteiger partial charge in [0.05, 0.1) is 17.1 Å². The van der Waals surface area contributed by atoms with Gasteiger partial charge in [0.15, 0.2) is 11.5 Å². The van der Waals surface area contributed by atoms with Crippen LogP contribution in [-0.4, -0.2) is 74.2 Å². The normalized spacial score (nSPS) is 14.7. The summed E-state index contributed by atoms with van der Waals surface area (Å²) in [6.45, 7) is 8.95. The number of hydrogen-bond acceptors (Lipinski definition) is 7. The smallest absolute Gasteiger partial charge is 0.319 e. The third kappa shape index (κ3) is 5.31. The van der Waals surface area contributed by atoms with Crippen molar-refractivity contribution in [3.05, 3.63) is 65.6 Å². The molecule has 4 heterocycles. The second-order valence-corrected chi connectivity index (χ2v) is 11.3. The Labute approximate surface area is 232 Å². The molecule has 0 radical (unpaired) electrons. The molecule has 40 heavy (non-hydrogen) atoms. The van der Waals surface area contributed by atoms with Gasteiger partial charge in [0.2, 0.25) is 0 Å². The fourth-order valence-corrected chi connectivity index (χ4v) is 4.70. The van der Waals surface area contributed by atoms with E-state index in [9.17, 15) is 9.59 Å². The second kappa shape index (κ2) is 10.6. The molecular formula is C29H34N8O3. The molecule has 1 aliphatic heterocycles. The number of aromatic nitrogens is 5. The molecule has 11 heteroatoms. The number of H-pyrrole nitrogens is 1. The van der Waals surface area contributed by atoms with Crippen LogP contribution in [0.4, 0.5) is 4.79 Å². The molecule has 0 saturated heterocycles. The minimum atomic E-state index is -0.416. The fraction of sp³-hybridized carbons (Fsp3) is 0.379. The Kier molecular flexibility index (Phi) is 7.14. The zero-order valence-electron chi connectivity index (χ0n) is 23.6. The fourth-order valence-electron chi connectivity index (χ4n) is 4.70. The lowest BCUT2D eigenvalue weighted by Crippen LogP contribution is -2.42. The van der Waals surface area contributed by atoms with E-state index in [0.717, 1.165) is 39.8 Å². The van der Waals surface area contributed by atoms with Gasteiger partial charge in [-0.3, -0.25) is 9.89 Å². The van der Waals surface area contributed by atoms with Crippen LogP contribution in [0.1, 0.15) is 67.9 Å². The maximum absolute atomic E-state index is 12.7. The summed E-state index contributed by atoms with van der Waals surface area (Å²) in [5, 5.41) is 15.4. The number of fused-ring (bicyclic) bond motifs is 1. The van der Waals surface area contributed by atoms with Gasteiger partial charge in [0.25, 0.3) is 0 Å². The quantitative estimate of drug-likeness (QED) is 0.377. The number of amides is 3. The first-order chi connectivity index (χ1) is 19.0. The summed E-state index contributed by atoms with van der Waals surface area (Å²) in [5.41, 5.74) is 5.08. The Morgan fingerprint density at radius 3 is 2.58 bits per heavy atom. The van der Waals surface area contributed by atoms with E-state index in [1.54, 1.807) is 25.2 Å². The van der Waals surface area contributed by atoms with Crippen LogP contribution in [0.15, 0.2) is 47.1 Å². The van der Waals surface area contributed by atoms with E-state index in [-0.39, 0.29) is 23.4 Å². The van der Waals surface area contributed by atoms with Crippen molar-refractivity contribution in [3.63, 3.8) is 0 Å². The Hall–Kier alpha value is -4.54. The number of urea groups is 1. The van der Waals surface area contributed by atoms with Crippen molar-refractivity contribution in [2.75, 3.05) is 27.2 Å². The van der Waals surface area contributed by atoms with Gasteiger partial charge in [-0.1, -0.05) is 56.3 Å². The second-order valence-electron chi connectivity index (χ2n) is 11.3. The molecule has 2 N–H and O–H groups in total. The standard InChI is InChI=1S/C29H34N8O3/c1-17(31-25(38)26-32-27(35-40-26)29(2,3)4)18-9-11-19(12-10-18)21-13-14-30-24-22(21)23(33-34-24)20-8-7-15-37(16-20)28(39)36(5)6/h8-14,17H,7,15-16H2,1-6H3,(H,31,38)(H,30,33,34). The van der Waals surface area contributed by atoms with E-state index < -0.39 is 5.91 Å². The van der Waals surface area contributed by atoms with Gasteiger partial charge in [0.1, 0.15) is 0 Å². The zero-order chi connectivity index (χ0) is 28.6. The van der Waals surface area contributed by atoms with Gasteiger partial charge in [-0.2, -0.15) is 10.1 Å². The summed E-state index contributed by atoms with van der Waals surface area (Å²) in [7, 11) is 3.52. The number of hydrogen-bond donors (Lipinski definition) is 2. The van der Waals surface area contributed by atoms with Crippen molar-refractivity contribution in [3.8, 4) is 11.1 Å². The molecule has 4 aromatic rings. The van der Waals surface area contributed by atoms with E-state index in [1.165, 1.54) is 0 Å². The number of carbonyl (C=O) groups is 2. The molecular weight excluding hydrogens is 508 g/mol. The maximum atomic E-state index is 12.7. The third-order valence-electron chi connectivity index (χ3n) is 6.94. The zero-order valence-corrected chi connectivity index (χ0v) is 23.6. The highest BCUT2D eigenvalue weighted by molar-refractivity contribution is 6.00. The van der Waals surface area contributed by atoms with Gasteiger partial charge in [-0.25, -0.2) is 9.78 Å². The number of carbonyl (C=O) groups excluding carboxylic acids is 2. The summed E-state index contributed by atoms with van der Waals surface area (Å²) in [6, 6.07) is 9.68. The SMILES string of the molecule is CC(NC(=O)c1nc(C(C)(C)C)no1)c1ccc(-c2ccnc3n[nH]c(C4=CCCN(C(=O)N(C)C)C4)c23)cc1. The van der Waals surface area contributed by atoms with E-state index in [1.807, 2.05) is 62.9 Å². The summed E-state index contributed by atoms with van der Waals surface area (Å²) < 4.78 is 5.18. The average Bonchev–Trinajstić information content (AvgIpc) is 3.61. The Balaban J connectivity index is 1.37. The number of nitrogens with one attached hydrogen (secondary N) is 2. The molecule has 0 fully saturated rings. The van der Waals surface area contributed by atoms with E-state index in [4.69, 9.17) is 4.52 Å². The van der Waals surface area contributed by atoms with E-state index in [2.05, 4.69) is 36.7 Å². The molecule has 11 nitrogen and oxygen atoms in total. The Bertz CT molecular complexity index is 1580. The number of nitrogens with zero attached hydrogens (tertiary/aromatic N) is 6. The lowest BCUT2D eigenvalue weighted by atomic mass is 9.96. The average molecular weight is 543 g/mol. The molecule has 0 spiro atoms. The molecule has 5 rings (SSSR count). The number of benzene rings is 1. The molecule has 0 saturated carbocycles. The number of aromatic amines is 1. The summed E-state index contributed by atoms with van der Waals surface area (Å²) in [4.78, 5) is 37.4. The van der Waals surface area contributed by atoms with Crippen molar-refractivity contribution in [2.24, 2.45) is 0 Å². The Morgan fingerprint density at radius 1 is 1.15 bits per heavy atom. The number of rotatable bonds is 5. The molecule has 1 aliphatic rings. The summed E-state index contributed by atoms with van der Waals surface area (Å²) in [5.74, 6) is 0.0156. The maximum Gasteiger partial charge on any atom is 0.319 e. The topological polar surface area (TPSA) is 133 Å². The third-order valence-corrected chi connectivity index (χ3v) is 6.94. The van der Waals surface area contributed by atoms with Gasteiger partial charge >= 0.3 is 17.8 Å². The molecule has 1 aromatic carbocycles. The molecule has 1 unspecified atom stereocenters.